The first kappa shape index (κ1) is 20.2. The van der Waals surface area contributed by atoms with E-state index < -0.39 is 35.6 Å². The molecule has 1 aliphatic rings. The summed E-state index contributed by atoms with van der Waals surface area (Å²) in [6, 6.07) is 5.55. The average molecular weight is 374 g/mol. The molecule has 0 aromatic heterocycles. The van der Waals surface area contributed by atoms with Crippen molar-refractivity contribution in [1.29, 1.82) is 0 Å². The van der Waals surface area contributed by atoms with Crippen molar-refractivity contribution in [3.05, 3.63) is 35.6 Å². The van der Waals surface area contributed by atoms with Gasteiger partial charge >= 0.3 is 6.18 Å². The van der Waals surface area contributed by atoms with Crippen molar-refractivity contribution in [3.8, 4) is 0 Å². The molecule has 2 amide bonds. The van der Waals surface area contributed by atoms with Gasteiger partial charge in [-0.25, -0.2) is 4.39 Å². The van der Waals surface area contributed by atoms with Crippen LogP contribution in [0.25, 0.3) is 0 Å². The summed E-state index contributed by atoms with van der Waals surface area (Å²) in [5.74, 6) is -4.42. The van der Waals surface area contributed by atoms with E-state index in [4.69, 9.17) is 0 Å². The first-order chi connectivity index (χ1) is 12.3. The van der Waals surface area contributed by atoms with Gasteiger partial charge in [-0.15, -0.1) is 0 Å². The number of halogens is 4. The van der Waals surface area contributed by atoms with Gasteiger partial charge in [0, 0.05) is 19.0 Å². The molecule has 1 saturated carbocycles. The number of amides is 2. The van der Waals surface area contributed by atoms with E-state index in [9.17, 15) is 27.2 Å². The molecule has 26 heavy (non-hydrogen) atoms. The highest BCUT2D eigenvalue weighted by atomic mass is 19.4. The molecule has 0 radical (unpaired) electrons. The van der Waals surface area contributed by atoms with Crippen molar-refractivity contribution in [2.75, 3.05) is 13.1 Å². The van der Waals surface area contributed by atoms with Crippen LogP contribution in [0.4, 0.5) is 17.6 Å². The van der Waals surface area contributed by atoms with Gasteiger partial charge < -0.3 is 10.6 Å². The largest absolute Gasteiger partial charge is 0.392 e. The van der Waals surface area contributed by atoms with E-state index in [0.717, 1.165) is 0 Å². The lowest BCUT2D eigenvalue weighted by Gasteiger charge is -2.32. The zero-order valence-corrected chi connectivity index (χ0v) is 14.2. The molecule has 2 rings (SSSR count). The van der Waals surface area contributed by atoms with Crippen molar-refractivity contribution < 1.29 is 27.2 Å². The number of hydrogen-bond donors (Lipinski definition) is 2. The molecule has 8 heteroatoms. The molecule has 2 atom stereocenters. The molecule has 0 aliphatic heterocycles. The molecule has 1 aromatic carbocycles. The average Bonchev–Trinajstić information content (AvgIpc) is 2.60. The van der Waals surface area contributed by atoms with Crippen molar-refractivity contribution in [2.45, 2.75) is 38.3 Å². The summed E-state index contributed by atoms with van der Waals surface area (Å²) in [7, 11) is 0. The van der Waals surface area contributed by atoms with Crippen LogP contribution in [-0.2, 0) is 4.79 Å². The Morgan fingerprint density at radius 3 is 2.38 bits per heavy atom. The normalized spacial score (nSPS) is 20.5. The van der Waals surface area contributed by atoms with Crippen LogP contribution in [-0.4, -0.2) is 31.1 Å². The third kappa shape index (κ3) is 5.44. The maximum atomic E-state index is 13.5. The predicted octanol–water partition coefficient (Wildman–Crippen LogP) is 3.43. The highest BCUT2D eigenvalue weighted by Gasteiger charge is 2.47. The Labute approximate surface area is 149 Å². The van der Waals surface area contributed by atoms with E-state index >= 15 is 0 Å². The molecule has 0 unspecified atom stereocenters. The third-order valence-corrected chi connectivity index (χ3v) is 4.58. The Balaban J connectivity index is 1.73. The Hall–Kier alpha value is -2.12. The van der Waals surface area contributed by atoms with Crippen LogP contribution >= 0.6 is 0 Å². The van der Waals surface area contributed by atoms with Crippen molar-refractivity contribution >= 4 is 11.8 Å². The third-order valence-electron chi connectivity index (χ3n) is 4.58. The molecule has 0 spiro atoms. The van der Waals surface area contributed by atoms with Crippen LogP contribution in [0, 0.1) is 17.7 Å². The monoisotopic (exact) mass is 374 g/mol. The van der Waals surface area contributed by atoms with Gasteiger partial charge in [0.25, 0.3) is 5.91 Å². The van der Waals surface area contributed by atoms with Crippen LogP contribution in [0.3, 0.4) is 0 Å². The van der Waals surface area contributed by atoms with Gasteiger partial charge in [0.05, 0.1) is 11.5 Å². The zero-order chi connectivity index (χ0) is 19.2. The molecule has 1 aromatic rings. The lowest BCUT2D eigenvalue weighted by molar-refractivity contribution is -0.198. The molecule has 0 bridgehead atoms. The maximum Gasteiger partial charge on any atom is 0.392 e. The Morgan fingerprint density at radius 2 is 1.69 bits per heavy atom. The molecular weight excluding hydrogens is 352 g/mol. The molecular formula is C18H22F4N2O2. The van der Waals surface area contributed by atoms with Crippen molar-refractivity contribution in [1.82, 2.24) is 10.6 Å². The smallest absolute Gasteiger partial charge is 0.356 e. The Morgan fingerprint density at radius 1 is 1.04 bits per heavy atom. The SMILES string of the molecule is O=C(NCCCNC(=O)[C@@H]1CCCC[C@H]1C(F)(F)F)c1ccccc1F. The molecule has 0 heterocycles. The first-order valence-electron chi connectivity index (χ1n) is 8.68. The van der Waals surface area contributed by atoms with E-state index in [0.29, 0.717) is 19.3 Å². The summed E-state index contributed by atoms with van der Waals surface area (Å²) in [6.45, 7) is 0.332. The van der Waals surface area contributed by atoms with Gasteiger partial charge in [0.2, 0.25) is 5.91 Å². The zero-order valence-electron chi connectivity index (χ0n) is 14.2. The Kier molecular flexibility index (Phi) is 6.99. The summed E-state index contributed by atoms with van der Waals surface area (Å²) in [5.41, 5.74) is -0.0771. The van der Waals surface area contributed by atoms with Gasteiger partial charge in [-0.05, 0) is 31.4 Å². The van der Waals surface area contributed by atoms with Gasteiger partial charge in [-0.2, -0.15) is 13.2 Å². The molecule has 0 saturated heterocycles. The van der Waals surface area contributed by atoms with Crippen LogP contribution in [0.5, 0.6) is 0 Å². The van der Waals surface area contributed by atoms with Gasteiger partial charge in [0.1, 0.15) is 5.82 Å². The van der Waals surface area contributed by atoms with Crippen molar-refractivity contribution in [3.63, 3.8) is 0 Å². The predicted molar refractivity (Wildman–Crippen MR) is 87.9 cm³/mol. The Bertz CT molecular complexity index is 634. The van der Waals surface area contributed by atoms with Crippen LogP contribution in [0.2, 0.25) is 0 Å². The fourth-order valence-corrected chi connectivity index (χ4v) is 3.21. The summed E-state index contributed by atoms with van der Waals surface area (Å²) < 4.78 is 52.5. The highest BCUT2D eigenvalue weighted by molar-refractivity contribution is 5.94. The number of hydrogen-bond acceptors (Lipinski definition) is 2. The van der Waals surface area contributed by atoms with Crippen LogP contribution in [0.15, 0.2) is 24.3 Å². The minimum absolute atomic E-state index is 0.0136. The molecule has 1 fully saturated rings. The highest BCUT2D eigenvalue weighted by Crippen LogP contribution is 2.41. The van der Waals surface area contributed by atoms with Crippen LogP contribution in [0.1, 0.15) is 42.5 Å². The second kappa shape index (κ2) is 9.00. The number of alkyl halides is 3. The number of nitrogens with one attached hydrogen (secondary N) is 2. The van der Waals surface area contributed by atoms with E-state index in [1.165, 1.54) is 18.2 Å². The molecule has 1 aliphatic carbocycles. The van der Waals surface area contributed by atoms with Crippen molar-refractivity contribution in [2.24, 2.45) is 11.8 Å². The summed E-state index contributed by atoms with van der Waals surface area (Å²) in [5, 5.41) is 5.03. The lowest BCUT2D eigenvalue weighted by atomic mass is 9.78. The summed E-state index contributed by atoms with van der Waals surface area (Å²) >= 11 is 0. The summed E-state index contributed by atoms with van der Waals surface area (Å²) in [6.07, 6.45) is -2.70. The molecule has 2 N–H and O–H groups in total. The van der Waals surface area contributed by atoms with Gasteiger partial charge in [0.15, 0.2) is 0 Å². The topological polar surface area (TPSA) is 58.2 Å². The van der Waals surface area contributed by atoms with Gasteiger partial charge in [-0.1, -0.05) is 25.0 Å². The maximum absolute atomic E-state index is 13.5. The quantitative estimate of drug-likeness (QED) is 0.592. The second-order valence-corrected chi connectivity index (χ2v) is 6.42. The lowest BCUT2D eigenvalue weighted by Crippen LogP contribution is -2.43. The van der Waals surface area contributed by atoms with E-state index in [1.54, 1.807) is 6.07 Å². The minimum atomic E-state index is -4.36. The van der Waals surface area contributed by atoms with E-state index in [-0.39, 0.29) is 31.5 Å². The summed E-state index contributed by atoms with van der Waals surface area (Å²) in [4.78, 5) is 23.9. The number of carbonyl (C=O) groups excluding carboxylic acids is 2. The molecule has 4 nitrogen and oxygen atoms in total. The first-order valence-corrected chi connectivity index (χ1v) is 8.68. The fourth-order valence-electron chi connectivity index (χ4n) is 3.21. The van der Waals surface area contributed by atoms with Crippen LogP contribution < -0.4 is 10.6 Å². The standard InChI is InChI=1S/C18H22F4N2O2/c19-15-9-4-2-7-13(15)17(26)24-11-5-10-23-16(25)12-6-1-3-8-14(12)18(20,21)22/h2,4,7,9,12,14H,1,3,5-6,8,10-11H2,(H,23,25)(H,24,26)/t12-,14-/m1/s1. The number of benzene rings is 1. The fraction of sp³-hybridized carbons (Fsp3) is 0.556. The van der Waals surface area contributed by atoms with E-state index in [1.807, 2.05) is 0 Å². The number of rotatable bonds is 6. The minimum Gasteiger partial charge on any atom is -0.356 e. The van der Waals surface area contributed by atoms with Gasteiger partial charge in [-0.3, -0.25) is 9.59 Å². The second-order valence-electron chi connectivity index (χ2n) is 6.42. The molecule has 144 valence electrons. The van der Waals surface area contributed by atoms with E-state index in [2.05, 4.69) is 10.6 Å². The number of carbonyl (C=O) groups is 2.